The minimum absolute atomic E-state index is 0.547. The molecule has 1 aromatic carbocycles. The van der Waals surface area contributed by atoms with E-state index in [0.29, 0.717) is 5.92 Å². The van der Waals surface area contributed by atoms with E-state index in [9.17, 15) is 0 Å². The monoisotopic (exact) mass is 214 g/mol. The van der Waals surface area contributed by atoms with Crippen LogP contribution in [0.25, 0.3) is 0 Å². The summed E-state index contributed by atoms with van der Waals surface area (Å²) in [5.74, 6) is 0.547. The van der Waals surface area contributed by atoms with Crippen LogP contribution in [0.3, 0.4) is 0 Å². The van der Waals surface area contributed by atoms with Crippen LogP contribution in [0.5, 0.6) is 0 Å². The quantitative estimate of drug-likeness (QED) is 0.766. The highest BCUT2D eigenvalue weighted by atomic mass is 15.3. The average Bonchev–Trinajstić information content (AvgIpc) is 2.70. The van der Waals surface area contributed by atoms with Crippen molar-refractivity contribution < 1.29 is 0 Å². The second kappa shape index (κ2) is 4.52. The summed E-state index contributed by atoms with van der Waals surface area (Å²) in [4.78, 5) is 0. The number of nitrogens with zero attached hydrogens (tertiary/aromatic N) is 2. The molecular weight excluding hydrogens is 196 g/mol. The lowest BCUT2D eigenvalue weighted by molar-refractivity contribution is 0.682. The molecule has 0 spiro atoms. The van der Waals surface area contributed by atoms with Gasteiger partial charge in [-0.25, -0.2) is 0 Å². The first-order chi connectivity index (χ1) is 7.66. The second-order valence-corrected chi connectivity index (χ2v) is 4.55. The van der Waals surface area contributed by atoms with E-state index in [1.54, 1.807) is 0 Å². The van der Waals surface area contributed by atoms with E-state index in [1.165, 1.54) is 16.7 Å². The molecule has 0 atom stereocenters. The first kappa shape index (κ1) is 10.9. The van der Waals surface area contributed by atoms with Gasteiger partial charge in [0.1, 0.15) is 0 Å². The molecule has 0 aliphatic heterocycles. The molecule has 2 aromatic rings. The van der Waals surface area contributed by atoms with Gasteiger partial charge < -0.3 is 0 Å². The van der Waals surface area contributed by atoms with E-state index in [4.69, 9.17) is 0 Å². The van der Waals surface area contributed by atoms with Crippen molar-refractivity contribution >= 4 is 0 Å². The first-order valence-electron chi connectivity index (χ1n) is 5.73. The SMILES string of the molecule is Cc1ccccc1Cn1cc(C(C)C)cn1. The van der Waals surface area contributed by atoms with Gasteiger partial charge in [-0.2, -0.15) is 5.10 Å². The summed E-state index contributed by atoms with van der Waals surface area (Å²) in [6.45, 7) is 7.38. The van der Waals surface area contributed by atoms with Gasteiger partial charge in [-0.3, -0.25) is 4.68 Å². The zero-order chi connectivity index (χ0) is 11.5. The Hall–Kier alpha value is -1.57. The molecule has 1 aromatic heterocycles. The minimum Gasteiger partial charge on any atom is -0.268 e. The van der Waals surface area contributed by atoms with Crippen molar-refractivity contribution in [2.24, 2.45) is 0 Å². The summed E-state index contributed by atoms with van der Waals surface area (Å²) in [7, 11) is 0. The van der Waals surface area contributed by atoms with Crippen molar-refractivity contribution in [3.05, 3.63) is 53.3 Å². The Kier molecular flexibility index (Phi) is 3.09. The van der Waals surface area contributed by atoms with Crippen LogP contribution in [-0.2, 0) is 6.54 Å². The van der Waals surface area contributed by atoms with Gasteiger partial charge in [0.15, 0.2) is 0 Å². The maximum atomic E-state index is 4.39. The fourth-order valence-corrected chi connectivity index (χ4v) is 1.73. The number of benzene rings is 1. The van der Waals surface area contributed by atoms with E-state index >= 15 is 0 Å². The summed E-state index contributed by atoms with van der Waals surface area (Å²) >= 11 is 0. The van der Waals surface area contributed by atoms with Crippen LogP contribution in [0, 0.1) is 6.92 Å². The van der Waals surface area contributed by atoms with Crippen molar-refractivity contribution in [1.29, 1.82) is 0 Å². The van der Waals surface area contributed by atoms with E-state index in [2.05, 4.69) is 56.3 Å². The molecule has 0 saturated heterocycles. The number of hydrogen-bond acceptors (Lipinski definition) is 1. The lowest BCUT2D eigenvalue weighted by Crippen LogP contribution is -2.01. The van der Waals surface area contributed by atoms with Crippen LogP contribution in [0.4, 0.5) is 0 Å². The Morgan fingerprint density at radius 1 is 1.25 bits per heavy atom. The molecule has 0 radical (unpaired) electrons. The van der Waals surface area contributed by atoms with E-state index in [0.717, 1.165) is 6.54 Å². The van der Waals surface area contributed by atoms with Crippen molar-refractivity contribution in [3.8, 4) is 0 Å². The molecule has 0 bridgehead atoms. The van der Waals surface area contributed by atoms with Gasteiger partial charge in [-0.15, -0.1) is 0 Å². The Labute approximate surface area is 96.9 Å². The molecule has 0 saturated carbocycles. The normalized spacial score (nSPS) is 11.0. The van der Waals surface area contributed by atoms with Crippen LogP contribution in [-0.4, -0.2) is 9.78 Å². The highest BCUT2D eigenvalue weighted by Gasteiger charge is 2.04. The van der Waals surface area contributed by atoms with Crippen LogP contribution >= 0.6 is 0 Å². The topological polar surface area (TPSA) is 17.8 Å². The standard InChI is InChI=1S/C14H18N2/c1-11(2)14-8-15-16(10-14)9-13-7-5-4-6-12(13)3/h4-8,10-11H,9H2,1-3H3. The molecule has 0 aliphatic carbocycles. The third-order valence-electron chi connectivity index (χ3n) is 2.91. The Morgan fingerprint density at radius 3 is 2.62 bits per heavy atom. The third-order valence-corrected chi connectivity index (χ3v) is 2.91. The largest absolute Gasteiger partial charge is 0.268 e. The maximum Gasteiger partial charge on any atom is 0.0662 e. The number of aromatic nitrogens is 2. The summed E-state index contributed by atoms with van der Waals surface area (Å²) in [6.07, 6.45) is 4.10. The third kappa shape index (κ3) is 2.32. The van der Waals surface area contributed by atoms with Gasteiger partial charge in [-0.1, -0.05) is 38.1 Å². The lowest BCUT2D eigenvalue weighted by Gasteiger charge is -2.05. The second-order valence-electron chi connectivity index (χ2n) is 4.55. The maximum absolute atomic E-state index is 4.39. The van der Waals surface area contributed by atoms with E-state index in [-0.39, 0.29) is 0 Å². The zero-order valence-electron chi connectivity index (χ0n) is 10.1. The van der Waals surface area contributed by atoms with Crippen LogP contribution in [0.1, 0.15) is 36.5 Å². The molecule has 0 aliphatic rings. The Balaban J connectivity index is 2.18. The average molecular weight is 214 g/mol. The molecular formula is C14H18N2. The fourth-order valence-electron chi connectivity index (χ4n) is 1.73. The molecule has 0 fully saturated rings. The predicted octanol–water partition coefficient (Wildman–Crippen LogP) is 3.36. The molecule has 2 nitrogen and oxygen atoms in total. The predicted molar refractivity (Wildman–Crippen MR) is 66.6 cm³/mol. The van der Waals surface area contributed by atoms with Crippen molar-refractivity contribution in [3.63, 3.8) is 0 Å². The lowest BCUT2D eigenvalue weighted by atomic mass is 10.1. The number of rotatable bonds is 3. The van der Waals surface area contributed by atoms with Crippen LogP contribution in [0.15, 0.2) is 36.7 Å². The van der Waals surface area contributed by atoms with Gasteiger partial charge in [-0.05, 0) is 29.5 Å². The zero-order valence-corrected chi connectivity index (χ0v) is 10.1. The molecule has 1 heterocycles. The van der Waals surface area contributed by atoms with Gasteiger partial charge in [0, 0.05) is 6.20 Å². The number of aryl methyl sites for hydroxylation is 1. The van der Waals surface area contributed by atoms with Gasteiger partial charge in [0.05, 0.1) is 12.7 Å². The highest BCUT2D eigenvalue weighted by Crippen LogP contribution is 2.14. The van der Waals surface area contributed by atoms with E-state index < -0.39 is 0 Å². The van der Waals surface area contributed by atoms with Crippen LogP contribution in [0.2, 0.25) is 0 Å². The minimum atomic E-state index is 0.547. The van der Waals surface area contributed by atoms with Gasteiger partial charge >= 0.3 is 0 Å². The summed E-state index contributed by atoms with van der Waals surface area (Å²) < 4.78 is 2.01. The molecule has 0 N–H and O–H groups in total. The fraction of sp³-hybridized carbons (Fsp3) is 0.357. The molecule has 2 heteroatoms. The molecule has 16 heavy (non-hydrogen) atoms. The highest BCUT2D eigenvalue weighted by molar-refractivity contribution is 5.25. The molecule has 84 valence electrons. The molecule has 0 amide bonds. The van der Waals surface area contributed by atoms with Crippen molar-refractivity contribution in [1.82, 2.24) is 9.78 Å². The van der Waals surface area contributed by atoms with Crippen LogP contribution < -0.4 is 0 Å². The number of hydrogen-bond donors (Lipinski definition) is 0. The van der Waals surface area contributed by atoms with Crippen molar-refractivity contribution in [2.75, 3.05) is 0 Å². The van der Waals surface area contributed by atoms with Gasteiger partial charge in [0.25, 0.3) is 0 Å². The smallest absolute Gasteiger partial charge is 0.0662 e. The van der Waals surface area contributed by atoms with E-state index in [1.807, 2.05) is 10.9 Å². The Bertz CT molecular complexity index is 469. The van der Waals surface area contributed by atoms with Crippen molar-refractivity contribution in [2.45, 2.75) is 33.2 Å². The van der Waals surface area contributed by atoms with Gasteiger partial charge in [0.2, 0.25) is 0 Å². The Morgan fingerprint density at radius 2 is 2.00 bits per heavy atom. The summed E-state index contributed by atoms with van der Waals surface area (Å²) in [5, 5.41) is 4.39. The summed E-state index contributed by atoms with van der Waals surface area (Å²) in [5.41, 5.74) is 3.96. The first-order valence-corrected chi connectivity index (χ1v) is 5.73. The molecule has 0 unspecified atom stereocenters. The molecule has 2 rings (SSSR count). The summed E-state index contributed by atoms with van der Waals surface area (Å²) in [6, 6.07) is 8.45.